The molecule has 0 unspecified atom stereocenters. The minimum Gasteiger partial charge on any atom is -0.497 e. The van der Waals surface area contributed by atoms with E-state index in [0.29, 0.717) is 12.8 Å². The Labute approximate surface area is 92.6 Å². The number of nitrogens with two attached hydrogens (primary N) is 1. The van der Waals surface area contributed by atoms with Crippen molar-refractivity contribution in [3.05, 3.63) is 24.0 Å². The van der Waals surface area contributed by atoms with Crippen LogP contribution in [-0.2, 0) is 11.2 Å². The number of amides is 1. The molecule has 1 aromatic heterocycles. The quantitative estimate of drug-likeness (QED) is 0.804. The first-order valence-electron chi connectivity index (χ1n) is 5.00. The minimum atomic E-state index is -0.321. The summed E-state index contributed by atoms with van der Waals surface area (Å²) in [6.07, 6.45) is 0.837. The number of hydrogen-bond acceptors (Lipinski definition) is 3. The van der Waals surface area contributed by atoms with Crippen molar-refractivity contribution in [2.24, 2.45) is 5.73 Å². The molecule has 0 atom stereocenters. The summed E-state index contributed by atoms with van der Waals surface area (Å²) in [7, 11) is 1.62. The summed E-state index contributed by atoms with van der Waals surface area (Å²) in [5, 5.41) is 0. The fourth-order valence-corrected chi connectivity index (χ4v) is 1.53. The number of carbonyl (C=O) groups is 1. The van der Waals surface area contributed by atoms with Gasteiger partial charge in [0.25, 0.3) is 0 Å². The molecule has 0 aliphatic carbocycles. The van der Waals surface area contributed by atoms with Gasteiger partial charge in [0.2, 0.25) is 5.91 Å². The number of nitrogens with one attached hydrogen (secondary N) is 1. The standard InChI is InChI=1S/C11H13N3O2/c1-16-7-2-3-8-9(6-7)14-11(13-8)5-4-10(12)15/h2-3,6H,4-5H2,1H3,(H2,12,15)(H,13,14). The van der Waals surface area contributed by atoms with Gasteiger partial charge >= 0.3 is 0 Å². The highest BCUT2D eigenvalue weighted by Gasteiger charge is 2.05. The molecular formula is C11H13N3O2. The zero-order valence-electron chi connectivity index (χ0n) is 8.99. The molecule has 0 aliphatic heterocycles. The van der Waals surface area contributed by atoms with Crippen molar-refractivity contribution in [2.45, 2.75) is 12.8 Å². The molecule has 0 aliphatic rings. The lowest BCUT2D eigenvalue weighted by molar-refractivity contribution is -0.118. The van der Waals surface area contributed by atoms with Gasteiger partial charge in [-0.05, 0) is 12.1 Å². The number of primary amides is 1. The van der Waals surface area contributed by atoms with E-state index >= 15 is 0 Å². The SMILES string of the molecule is COc1ccc2nc(CCC(N)=O)[nH]c2c1. The second kappa shape index (κ2) is 4.22. The van der Waals surface area contributed by atoms with Crippen LogP contribution in [0.15, 0.2) is 18.2 Å². The van der Waals surface area contributed by atoms with Crippen LogP contribution >= 0.6 is 0 Å². The number of fused-ring (bicyclic) bond motifs is 1. The van der Waals surface area contributed by atoms with Crippen LogP contribution in [-0.4, -0.2) is 23.0 Å². The van der Waals surface area contributed by atoms with Gasteiger partial charge in [-0.15, -0.1) is 0 Å². The van der Waals surface area contributed by atoms with E-state index in [9.17, 15) is 4.79 Å². The molecule has 0 fully saturated rings. The fraction of sp³-hybridized carbons (Fsp3) is 0.273. The number of H-pyrrole nitrogens is 1. The van der Waals surface area contributed by atoms with E-state index in [0.717, 1.165) is 22.6 Å². The van der Waals surface area contributed by atoms with E-state index in [-0.39, 0.29) is 5.91 Å². The maximum Gasteiger partial charge on any atom is 0.217 e. The van der Waals surface area contributed by atoms with Gasteiger partial charge < -0.3 is 15.5 Å². The lowest BCUT2D eigenvalue weighted by Crippen LogP contribution is -2.11. The summed E-state index contributed by atoms with van der Waals surface area (Å²) in [5.74, 6) is 1.22. The Hall–Kier alpha value is -2.04. The van der Waals surface area contributed by atoms with Gasteiger partial charge in [0, 0.05) is 18.9 Å². The number of rotatable bonds is 4. The predicted molar refractivity (Wildman–Crippen MR) is 60.2 cm³/mol. The number of imidazole rings is 1. The van der Waals surface area contributed by atoms with Crippen LogP contribution in [0.25, 0.3) is 11.0 Å². The summed E-state index contributed by atoms with van der Waals surface area (Å²) in [4.78, 5) is 18.1. The van der Waals surface area contributed by atoms with Crippen LogP contribution in [0.2, 0.25) is 0 Å². The van der Waals surface area contributed by atoms with Crippen molar-refractivity contribution >= 4 is 16.9 Å². The number of methoxy groups -OCH3 is 1. The number of aromatic nitrogens is 2. The predicted octanol–water partition coefficient (Wildman–Crippen LogP) is 0.989. The Bertz CT molecular complexity index is 519. The Kier molecular flexibility index (Phi) is 2.76. The summed E-state index contributed by atoms with van der Waals surface area (Å²) < 4.78 is 5.11. The third-order valence-electron chi connectivity index (χ3n) is 2.35. The third-order valence-corrected chi connectivity index (χ3v) is 2.35. The van der Waals surface area contributed by atoms with Crippen molar-refractivity contribution in [1.82, 2.24) is 9.97 Å². The first kappa shape index (κ1) is 10.5. The van der Waals surface area contributed by atoms with Crippen molar-refractivity contribution < 1.29 is 9.53 Å². The number of hydrogen-bond donors (Lipinski definition) is 2. The molecule has 5 heteroatoms. The maximum absolute atomic E-state index is 10.6. The number of aryl methyl sites for hydroxylation is 1. The smallest absolute Gasteiger partial charge is 0.217 e. The average Bonchev–Trinajstić information content (AvgIpc) is 2.67. The largest absolute Gasteiger partial charge is 0.497 e. The molecule has 0 saturated heterocycles. The van der Waals surface area contributed by atoms with E-state index in [1.54, 1.807) is 7.11 Å². The van der Waals surface area contributed by atoms with Crippen molar-refractivity contribution in [3.8, 4) is 5.75 Å². The normalized spacial score (nSPS) is 10.6. The first-order chi connectivity index (χ1) is 7.69. The number of nitrogens with zero attached hydrogens (tertiary/aromatic N) is 1. The second-order valence-corrected chi connectivity index (χ2v) is 3.53. The van der Waals surface area contributed by atoms with Crippen molar-refractivity contribution in [1.29, 1.82) is 0 Å². The van der Waals surface area contributed by atoms with Crippen LogP contribution in [0.5, 0.6) is 5.75 Å². The molecule has 5 nitrogen and oxygen atoms in total. The Morgan fingerprint density at radius 1 is 1.56 bits per heavy atom. The maximum atomic E-state index is 10.6. The van der Waals surface area contributed by atoms with Crippen LogP contribution in [0.4, 0.5) is 0 Å². The van der Waals surface area contributed by atoms with Gasteiger partial charge in [0.1, 0.15) is 11.6 Å². The van der Waals surface area contributed by atoms with E-state index < -0.39 is 0 Å². The van der Waals surface area contributed by atoms with Crippen LogP contribution in [0.3, 0.4) is 0 Å². The summed E-state index contributed by atoms with van der Waals surface area (Å²) in [5.41, 5.74) is 6.84. The highest BCUT2D eigenvalue weighted by atomic mass is 16.5. The number of benzene rings is 1. The molecule has 1 amide bonds. The Balaban J connectivity index is 2.25. The first-order valence-corrected chi connectivity index (χ1v) is 5.00. The molecule has 3 N–H and O–H groups in total. The molecule has 1 heterocycles. The van der Waals surface area contributed by atoms with Gasteiger partial charge in [-0.25, -0.2) is 4.98 Å². The van der Waals surface area contributed by atoms with Gasteiger partial charge in [0.05, 0.1) is 18.1 Å². The lowest BCUT2D eigenvalue weighted by Gasteiger charge is -1.96. The molecule has 16 heavy (non-hydrogen) atoms. The minimum absolute atomic E-state index is 0.303. The highest BCUT2D eigenvalue weighted by molar-refractivity contribution is 5.77. The number of carbonyl (C=O) groups excluding carboxylic acids is 1. The molecule has 0 spiro atoms. The second-order valence-electron chi connectivity index (χ2n) is 3.53. The average molecular weight is 219 g/mol. The Morgan fingerprint density at radius 2 is 2.38 bits per heavy atom. The number of ether oxygens (including phenoxy) is 1. The van der Waals surface area contributed by atoms with Crippen molar-refractivity contribution in [2.75, 3.05) is 7.11 Å². The Morgan fingerprint density at radius 3 is 3.06 bits per heavy atom. The van der Waals surface area contributed by atoms with Crippen LogP contribution in [0, 0.1) is 0 Å². The summed E-state index contributed by atoms with van der Waals surface area (Å²) in [6.45, 7) is 0. The number of aromatic amines is 1. The van der Waals surface area contributed by atoms with Gasteiger partial charge in [-0.1, -0.05) is 0 Å². The summed E-state index contributed by atoms with van der Waals surface area (Å²) >= 11 is 0. The molecule has 0 bridgehead atoms. The third kappa shape index (κ3) is 2.13. The zero-order valence-corrected chi connectivity index (χ0v) is 8.99. The molecule has 2 rings (SSSR count). The highest BCUT2D eigenvalue weighted by Crippen LogP contribution is 2.18. The lowest BCUT2D eigenvalue weighted by atomic mass is 10.3. The monoisotopic (exact) mass is 219 g/mol. The fourth-order valence-electron chi connectivity index (χ4n) is 1.53. The van der Waals surface area contributed by atoms with E-state index in [2.05, 4.69) is 9.97 Å². The summed E-state index contributed by atoms with van der Waals surface area (Å²) in [6, 6.07) is 5.59. The van der Waals surface area contributed by atoms with Gasteiger partial charge in [-0.3, -0.25) is 4.79 Å². The van der Waals surface area contributed by atoms with E-state index in [4.69, 9.17) is 10.5 Å². The molecule has 2 aromatic rings. The molecule has 1 aromatic carbocycles. The van der Waals surface area contributed by atoms with Gasteiger partial charge in [-0.2, -0.15) is 0 Å². The van der Waals surface area contributed by atoms with Crippen LogP contribution < -0.4 is 10.5 Å². The van der Waals surface area contributed by atoms with E-state index in [1.165, 1.54) is 0 Å². The van der Waals surface area contributed by atoms with Gasteiger partial charge in [0.15, 0.2) is 0 Å². The van der Waals surface area contributed by atoms with Crippen molar-refractivity contribution in [3.63, 3.8) is 0 Å². The molecule has 84 valence electrons. The molecule has 0 saturated carbocycles. The molecule has 0 radical (unpaired) electrons. The topological polar surface area (TPSA) is 81.0 Å². The molecular weight excluding hydrogens is 206 g/mol. The zero-order chi connectivity index (χ0) is 11.5. The van der Waals surface area contributed by atoms with Crippen LogP contribution in [0.1, 0.15) is 12.2 Å². The van der Waals surface area contributed by atoms with E-state index in [1.807, 2.05) is 18.2 Å².